The lowest BCUT2D eigenvalue weighted by molar-refractivity contribution is 0.392. The van der Waals surface area contributed by atoms with Gasteiger partial charge in [0.15, 0.2) is 5.82 Å². The molecule has 0 radical (unpaired) electrons. The number of halogens is 1. The summed E-state index contributed by atoms with van der Waals surface area (Å²) in [5.41, 5.74) is 0. The lowest BCUT2D eigenvalue weighted by Gasteiger charge is -2.18. The van der Waals surface area contributed by atoms with Crippen molar-refractivity contribution in [3.63, 3.8) is 0 Å². The summed E-state index contributed by atoms with van der Waals surface area (Å²) in [7, 11) is 0. The zero-order chi connectivity index (χ0) is 11.7. The van der Waals surface area contributed by atoms with Gasteiger partial charge in [0.1, 0.15) is 0 Å². The molecule has 0 spiro atoms. The summed E-state index contributed by atoms with van der Waals surface area (Å²) in [5.74, 6) is 1.93. The fourth-order valence-electron chi connectivity index (χ4n) is 2.01. The van der Waals surface area contributed by atoms with Crippen molar-refractivity contribution in [2.75, 3.05) is 13.1 Å². The molecule has 0 unspecified atom stereocenters. The van der Waals surface area contributed by atoms with Crippen LogP contribution in [0, 0.1) is 0 Å². The van der Waals surface area contributed by atoms with Gasteiger partial charge in [0.25, 0.3) is 5.89 Å². The first-order valence-corrected chi connectivity index (χ1v) is 7.24. The molecule has 17 heavy (non-hydrogen) atoms. The van der Waals surface area contributed by atoms with Crippen LogP contribution in [0.2, 0.25) is 0 Å². The van der Waals surface area contributed by atoms with Gasteiger partial charge in [-0.3, -0.25) is 0 Å². The van der Waals surface area contributed by atoms with Gasteiger partial charge in [0.05, 0.1) is 8.66 Å². The third-order valence-electron chi connectivity index (χ3n) is 2.93. The summed E-state index contributed by atoms with van der Waals surface area (Å²) in [4.78, 5) is 5.52. The molecular formula is C11H12BrN3OS. The molecule has 0 aromatic carbocycles. The van der Waals surface area contributed by atoms with Crippen LogP contribution in [0.5, 0.6) is 0 Å². The summed E-state index contributed by atoms with van der Waals surface area (Å²) in [6, 6.07) is 3.99. The maximum absolute atomic E-state index is 5.33. The number of rotatable bonds is 2. The number of piperidine rings is 1. The molecule has 1 aliphatic heterocycles. The molecule has 2 aromatic heterocycles. The first-order valence-electron chi connectivity index (χ1n) is 5.63. The molecule has 2 aromatic rings. The first-order chi connectivity index (χ1) is 8.33. The highest BCUT2D eigenvalue weighted by Crippen LogP contribution is 2.31. The molecular weight excluding hydrogens is 302 g/mol. The van der Waals surface area contributed by atoms with Crippen LogP contribution in [0.4, 0.5) is 0 Å². The topological polar surface area (TPSA) is 51.0 Å². The maximum Gasteiger partial charge on any atom is 0.268 e. The molecule has 1 saturated heterocycles. The van der Waals surface area contributed by atoms with E-state index in [2.05, 4.69) is 31.4 Å². The normalized spacial score (nSPS) is 17.5. The molecule has 4 nitrogen and oxygen atoms in total. The van der Waals surface area contributed by atoms with Crippen LogP contribution in [-0.4, -0.2) is 23.2 Å². The molecule has 6 heteroatoms. The van der Waals surface area contributed by atoms with E-state index in [1.54, 1.807) is 11.3 Å². The fraction of sp³-hybridized carbons (Fsp3) is 0.455. The molecule has 1 fully saturated rings. The van der Waals surface area contributed by atoms with Crippen LogP contribution < -0.4 is 5.32 Å². The number of aromatic nitrogens is 2. The summed E-state index contributed by atoms with van der Waals surface area (Å²) in [5, 5.41) is 7.44. The zero-order valence-electron chi connectivity index (χ0n) is 9.15. The predicted molar refractivity (Wildman–Crippen MR) is 70.2 cm³/mol. The van der Waals surface area contributed by atoms with Gasteiger partial charge in [-0.05, 0) is 54.0 Å². The molecule has 90 valence electrons. The second-order valence-corrected chi connectivity index (χ2v) is 6.55. The summed E-state index contributed by atoms with van der Waals surface area (Å²) < 4.78 is 6.40. The quantitative estimate of drug-likeness (QED) is 0.926. The summed E-state index contributed by atoms with van der Waals surface area (Å²) in [6.07, 6.45) is 2.18. The lowest BCUT2D eigenvalue weighted by Crippen LogP contribution is -2.27. The fourth-order valence-corrected chi connectivity index (χ4v) is 3.32. The molecule has 0 saturated carbocycles. The Morgan fingerprint density at radius 2 is 2.18 bits per heavy atom. The van der Waals surface area contributed by atoms with Gasteiger partial charge in [0, 0.05) is 5.92 Å². The van der Waals surface area contributed by atoms with E-state index < -0.39 is 0 Å². The van der Waals surface area contributed by atoms with Crippen molar-refractivity contribution >= 4 is 27.3 Å². The molecule has 1 N–H and O–H groups in total. The average Bonchev–Trinajstić information content (AvgIpc) is 2.98. The van der Waals surface area contributed by atoms with Gasteiger partial charge in [-0.1, -0.05) is 5.16 Å². The van der Waals surface area contributed by atoms with Crippen LogP contribution in [0.1, 0.15) is 24.6 Å². The highest BCUT2D eigenvalue weighted by atomic mass is 79.9. The molecule has 0 aliphatic carbocycles. The number of thiophene rings is 1. The van der Waals surface area contributed by atoms with Crippen molar-refractivity contribution in [2.24, 2.45) is 0 Å². The Hall–Kier alpha value is -0.720. The monoisotopic (exact) mass is 313 g/mol. The van der Waals surface area contributed by atoms with E-state index in [-0.39, 0.29) is 0 Å². The Labute approximate surface area is 112 Å². The number of nitrogens with zero attached hydrogens (tertiary/aromatic N) is 2. The van der Waals surface area contributed by atoms with Crippen LogP contribution >= 0.6 is 27.3 Å². The second kappa shape index (κ2) is 4.88. The van der Waals surface area contributed by atoms with E-state index >= 15 is 0 Å². The third kappa shape index (κ3) is 2.43. The predicted octanol–water partition coefficient (Wildman–Crippen LogP) is 3.03. The van der Waals surface area contributed by atoms with E-state index in [1.807, 2.05) is 12.1 Å². The van der Waals surface area contributed by atoms with E-state index in [4.69, 9.17) is 4.52 Å². The second-order valence-electron chi connectivity index (χ2n) is 4.09. The minimum atomic E-state index is 0.442. The van der Waals surface area contributed by atoms with Crippen molar-refractivity contribution in [1.82, 2.24) is 15.5 Å². The van der Waals surface area contributed by atoms with Gasteiger partial charge in [-0.25, -0.2) is 0 Å². The van der Waals surface area contributed by atoms with Crippen LogP contribution in [0.25, 0.3) is 10.8 Å². The highest BCUT2D eigenvalue weighted by Gasteiger charge is 2.21. The Balaban J connectivity index is 1.82. The Morgan fingerprint density at radius 1 is 1.35 bits per heavy atom. The first kappa shape index (κ1) is 11.4. The third-order valence-corrected chi connectivity index (χ3v) is 4.54. The molecule has 0 bridgehead atoms. The van der Waals surface area contributed by atoms with Gasteiger partial charge in [-0.15, -0.1) is 11.3 Å². The highest BCUT2D eigenvalue weighted by molar-refractivity contribution is 9.11. The largest absolute Gasteiger partial charge is 0.333 e. The molecule has 0 atom stereocenters. The van der Waals surface area contributed by atoms with Crippen molar-refractivity contribution in [2.45, 2.75) is 18.8 Å². The minimum absolute atomic E-state index is 0.442. The van der Waals surface area contributed by atoms with E-state index in [1.165, 1.54) is 0 Å². The minimum Gasteiger partial charge on any atom is -0.333 e. The van der Waals surface area contributed by atoms with Gasteiger partial charge >= 0.3 is 0 Å². The van der Waals surface area contributed by atoms with Crippen molar-refractivity contribution in [3.8, 4) is 10.8 Å². The van der Waals surface area contributed by atoms with E-state index in [0.717, 1.165) is 40.4 Å². The van der Waals surface area contributed by atoms with Crippen molar-refractivity contribution < 1.29 is 4.52 Å². The van der Waals surface area contributed by atoms with Gasteiger partial charge in [0.2, 0.25) is 0 Å². The summed E-state index contributed by atoms with van der Waals surface area (Å²) >= 11 is 5.04. The number of hydrogen-bond acceptors (Lipinski definition) is 5. The van der Waals surface area contributed by atoms with Crippen molar-refractivity contribution in [1.29, 1.82) is 0 Å². The van der Waals surface area contributed by atoms with Crippen molar-refractivity contribution in [3.05, 3.63) is 21.7 Å². The Morgan fingerprint density at radius 3 is 2.88 bits per heavy atom. The molecule has 0 amide bonds. The Bertz CT molecular complexity index is 504. The maximum atomic E-state index is 5.33. The molecule has 3 heterocycles. The molecule has 3 rings (SSSR count). The number of nitrogens with one attached hydrogen (secondary N) is 1. The average molecular weight is 314 g/mol. The smallest absolute Gasteiger partial charge is 0.268 e. The van der Waals surface area contributed by atoms with Crippen LogP contribution in [-0.2, 0) is 0 Å². The van der Waals surface area contributed by atoms with Crippen LogP contribution in [0.15, 0.2) is 20.4 Å². The lowest BCUT2D eigenvalue weighted by atomic mass is 9.98. The Kier molecular flexibility index (Phi) is 3.26. The SMILES string of the molecule is Brc1ccc(-c2nc(C3CCNCC3)no2)s1. The van der Waals surface area contributed by atoms with Gasteiger partial charge < -0.3 is 9.84 Å². The number of hydrogen-bond donors (Lipinski definition) is 1. The molecule has 1 aliphatic rings. The van der Waals surface area contributed by atoms with E-state index in [0.29, 0.717) is 11.8 Å². The van der Waals surface area contributed by atoms with Gasteiger partial charge in [-0.2, -0.15) is 4.98 Å². The van der Waals surface area contributed by atoms with Crippen LogP contribution in [0.3, 0.4) is 0 Å². The van der Waals surface area contributed by atoms with E-state index in [9.17, 15) is 0 Å². The zero-order valence-corrected chi connectivity index (χ0v) is 11.6. The standard InChI is InChI=1S/C11H12BrN3OS/c12-9-2-1-8(17-9)11-14-10(15-16-11)7-3-5-13-6-4-7/h1-2,7,13H,3-6H2. The summed E-state index contributed by atoms with van der Waals surface area (Å²) in [6.45, 7) is 2.08.